The van der Waals surface area contributed by atoms with Crippen LogP contribution in [0.1, 0.15) is 11.1 Å². The van der Waals surface area contributed by atoms with E-state index >= 15 is 0 Å². The Bertz CT molecular complexity index is 839. The molecular weight excluding hydrogens is 396 g/mol. The Morgan fingerprint density at radius 2 is 1.28 bits per heavy atom. The van der Waals surface area contributed by atoms with Gasteiger partial charge in [-0.25, -0.2) is 8.78 Å². The largest absolute Gasteiger partial charge is 0.491 e. The molecule has 0 saturated heterocycles. The Labute approximate surface area is 174 Å². The molecule has 0 heterocycles. The van der Waals surface area contributed by atoms with Crippen LogP contribution in [0.4, 0.5) is 8.78 Å². The Balaban J connectivity index is 1.63. The van der Waals surface area contributed by atoms with Gasteiger partial charge in [-0.1, -0.05) is 35.9 Å². The van der Waals surface area contributed by atoms with E-state index in [4.69, 9.17) is 16.3 Å². The number of nitrogens with zero attached hydrogens (tertiary/aromatic N) is 1. The highest BCUT2D eigenvalue weighted by Gasteiger charge is 2.14. The summed E-state index contributed by atoms with van der Waals surface area (Å²) in [6, 6.07) is 19.4. The molecule has 152 valence electrons. The number of hydrogen-bond acceptors (Lipinski definition) is 3. The Morgan fingerprint density at radius 3 is 1.76 bits per heavy atom. The summed E-state index contributed by atoms with van der Waals surface area (Å²) in [5, 5.41) is 11.1. The Kier molecular flexibility index (Phi) is 7.58. The van der Waals surface area contributed by atoms with Crippen molar-refractivity contribution in [2.75, 3.05) is 13.2 Å². The average Bonchev–Trinajstić information content (AvgIpc) is 2.71. The maximum Gasteiger partial charge on any atom is 0.123 e. The first kappa shape index (κ1) is 21.2. The van der Waals surface area contributed by atoms with Crippen LogP contribution < -0.4 is 4.74 Å². The molecule has 3 rings (SSSR count). The summed E-state index contributed by atoms with van der Waals surface area (Å²) in [6.45, 7) is 1.47. The van der Waals surface area contributed by atoms with Gasteiger partial charge in [0.25, 0.3) is 0 Å². The fraction of sp³-hybridized carbons (Fsp3) is 0.217. The van der Waals surface area contributed by atoms with Gasteiger partial charge >= 0.3 is 0 Å². The first-order valence-corrected chi connectivity index (χ1v) is 9.63. The van der Waals surface area contributed by atoms with Crippen molar-refractivity contribution in [3.8, 4) is 5.75 Å². The second-order valence-electron chi connectivity index (χ2n) is 6.84. The summed E-state index contributed by atoms with van der Waals surface area (Å²) in [7, 11) is 0. The lowest BCUT2D eigenvalue weighted by Crippen LogP contribution is -2.35. The summed E-state index contributed by atoms with van der Waals surface area (Å²) >= 11 is 5.86. The molecule has 0 unspecified atom stereocenters. The lowest BCUT2D eigenvalue weighted by Gasteiger charge is -2.25. The zero-order chi connectivity index (χ0) is 20.6. The highest BCUT2D eigenvalue weighted by Crippen LogP contribution is 2.16. The zero-order valence-corrected chi connectivity index (χ0v) is 16.5. The molecule has 3 nitrogen and oxygen atoms in total. The molecule has 0 aliphatic rings. The highest BCUT2D eigenvalue weighted by molar-refractivity contribution is 6.30. The predicted octanol–water partition coefficient (Wildman–Crippen LogP) is 5.06. The van der Waals surface area contributed by atoms with E-state index in [0.717, 1.165) is 11.1 Å². The predicted molar refractivity (Wildman–Crippen MR) is 110 cm³/mol. The topological polar surface area (TPSA) is 32.7 Å². The summed E-state index contributed by atoms with van der Waals surface area (Å²) in [5.41, 5.74) is 1.83. The molecule has 0 fully saturated rings. The van der Waals surface area contributed by atoms with Crippen molar-refractivity contribution in [3.05, 3.63) is 101 Å². The molecule has 3 aromatic carbocycles. The third kappa shape index (κ3) is 7.13. The number of ether oxygens (including phenoxy) is 1. The minimum absolute atomic E-state index is 0.116. The van der Waals surface area contributed by atoms with Gasteiger partial charge in [0, 0.05) is 24.7 Å². The van der Waals surface area contributed by atoms with Gasteiger partial charge in [-0.2, -0.15) is 0 Å². The van der Waals surface area contributed by atoms with E-state index in [1.807, 2.05) is 4.90 Å². The maximum absolute atomic E-state index is 13.2. The molecule has 0 radical (unpaired) electrons. The summed E-state index contributed by atoms with van der Waals surface area (Å²) in [6.07, 6.45) is -0.744. The van der Waals surface area contributed by atoms with E-state index in [0.29, 0.717) is 30.4 Å². The molecule has 3 aromatic rings. The van der Waals surface area contributed by atoms with Crippen molar-refractivity contribution in [1.82, 2.24) is 4.90 Å². The molecule has 0 bridgehead atoms. The third-order valence-electron chi connectivity index (χ3n) is 4.36. The van der Waals surface area contributed by atoms with Crippen molar-refractivity contribution in [1.29, 1.82) is 0 Å². The normalized spacial score (nSPS) is 12.2. The molecule has 0 aromatic heterocycles. The van der Waals surface area contributed by atoms with E-state index in [1.54, 1.807) is 48.5 Å². The van der Waals surface area contributed by atoms with Crippen molar-refractivity contribution in [2.45, 2.75) is 19.2 Å². The smallest absolute Gasteiger partial charge is 0.123 e. The van der Waals surface area contributed by atoms with Crippen molar-refractivity contribution >= 4 is 11.6 Å². The molecule has 1 atom stereocenters. The summed E-state index contributed by atoms with van der Waals surface area (Å²) < 4.78 is 32.0. The van der Waals surface area contributed by atoms with E-state index in [9.17, 15) is 13.9 Å². The van der Waals surface area contributed by atoms with E-state index < -0.39 is 6.10 Å². The van der Waals surface area contributed by atoms with E-state index in [-0.39, 0.29) is 18.2 Å². The summed E-state index contributed by atoms with van der Waals surface area (Å²) in [5.74, 6) is 0.0301. The number of rotatable bonds is 9. The second kappa shape index (κ2) is 10.3. The molecule has 0 spiro atoms. The Hall–Kier alpha value is -2.47. The Morgan fingerprint density at radius 1 is 0.793 bits per heavy atom. The monoisotopic (exact) mass is 417 g/mol. The van der Waals surface area contributed by atoms with Gasteiger partial charge in [0.15, 0.2) is 0 Å². The van der Waals surface area contributed by atoms with Crippen LogP contribution >= 0.6 is 11.6 Å². The molecule has 1 N–H and O–H groups in total. The van der Waals surface area contributed by atoms with Crippen LogP contribution in [0.5, 0.6) is 5.75 Å². The van der Waals surface area contributed by atoms with Crippen LogP contribution in [-0.2, 0) is 13.1 Å². The van der Waals surface area contributed by atoms with Crippen LogP contribution in [0.25, 0.3) is 0 Å². The highest BCUT2D eigenvalue weighted by atomic mass is 35.5. The molecule has 0 aliphatic heterocycles. The van der Waals surface area contributed by atoms with Gasteiger partial charge in [-0.15, -0.1) is 0 Å². The number of hydrogen-bond donors (Lipinski definition) is 1. The van der Waals surface area contributed by atoms with Gasteiger partial charge in [-0.3, -0.25) is 4.90 Å². The average molecular weight is 418 g/mol. The van der Waals surface area contributed by atoms with Gasteiger partial charge in [0.05, 0.1) is 0 Å². The van der Waals surface area contributed by atoms with Gasteiger partial charge in [-0.05, 0) is 59.7 Å². The molecule has 29 heavy (non-hydrogen) atoms. The summed E-state index contributed by atoms with van der Waals surface area (Å²) in [4.78, 5) is 2.01. The first-order chi connectivity index (χ1) is 14.0. The van der Waals surface area contributed by atoms with Gasteiger partial charge < -0.3 is 9.84 Å². The number of aliphatic hydroxyl groups excluding tert-OH is 1. The zero-order valence-electron chi connectivity index (χ0n) is 15.8. The lowest BCUT2D eigenvalue weighted by atomic mass is 10.1. The third-order valence-corrected chi connectivity index (χ3v) is 4.62. The van der Waals surface area contributed by atoms with Crippen molar-refractivity contribution in [3.63, 3.8) is 0 Å². The van der Waals surface area contributed by atoms with Crippen molar-refractivity contribution < 1.29 is 18.6 Å². The van der Waals surface area contributed by atoms with E-state index in [1.165, 1.54) is 24.3 Å². The molecule has 0 amide bonds. The molecule has 0 aliphatic carbocycles. The standard InChI is InChI=1S/C23H22ClF2NO2/c24-19-5-11-23(12-6-19)29-16-22(28)15-27(13-17-1-7-20(25)8-2-17)14-18-3-9-21(26)10-4-18/h1-12,22,28H,13-16H2/t22-/m1/s1. The number of benzene rings is 3. The second-order valence-corrected chi connectivity index (χ2v) is 7.28. The number of halogens is 3. The molecule has 0 saturated carbocycles. The van der Waals surface area contributed by atoms with Gasteiger partial charge in [0.2, 0.25) is 0 Å². The quantitative estimate of drug-likeness (QED) is 0.528. The minimum Gasteiger partial charge on any atom is -0.491 e. The fourth-order valence-electron chi connectivity index (χ4n) is 2.96. The van der Waals surface area contributed by atoms with Crippen LogP contribution in [0.2, 0.25) is 5.02 Å². The minimum atomic E-state index is -0.744. The van der Waals surface area contributed by atoms with E-state index in [2.05, 4.69) is 0 Å². The fourth-order valence-corrected chi connectivity index (χ4v) is 3.08. The maximum atomic E-state index is 13.2. The van der Waals surface area contributed by atoms with Crippen molar-refractivity contribution in [2.24, 2.45) is 0 Å². The first-order valence-electron chi connectivity index (χ1n) is 9.25. The SMILES string of the molecule is O[C@@H](COc1ccc(Cl)cc1)CN(Cc1ccc(F)cc1)Cc1ccc(F)cc1. The number of aliphatic hydroxyl groups is 1. The van der Waals surface area contributed by atoms with Crippen LogP contribution in [0.3, 0.4) is 0 Å². The molecule has 6 heteroatoms. The van der Waals surface area contributed by atoms with Crippen LogP contribution in [-0.4, -0.2) is 29.3 Å². The van der Waals surface area contributed by atoms with Crippen LogP contribution in [0, 0.1) is 11.6 Å². The van der Waals surface area contributed by atoms with Crippen LogP contribution in [0.15, 0.2) is 72.8 Å². The van der Waals surface area contributed by atoms with Gasteiger partial charge in [0.1, 0.15) is 30.1 Å². The molecular formula is C23H22ClF2NO2. The lowest BCUT2D eigenvalue weighted by molar-refractivity contribution is 0.0628.